The van der Waals surface area contributed by atoms with Gasteiger partial charge in [-0.2, -0.15) is 13.2 Å². The van der Waals surface area contributed by atoms with Gasteiger partial charge in [0.05, 0.1) is 35.5 Å². The molecule has 0 amide bonds. The fourth-order valence-electron chi connectivity index (χ4n) is 3.88. The molecule has 0 unspecified atom stereocenters. The molecule has 1 saturated heterocycles. The molecule has 1 fully saturated rings. The molecule has 2 aromatic rings. The number of alkyl halides is 3. The molecule has 1 atom stereocenters. The lowest BCUT2D eigenvalue weighted by atomic mass is 10.1. The number of hydrogen-bond acceptors (Lipinski definition) is 4. The van der Waals surface area contributed by atoms with E-state index in [2.05, 4.69) is 0 Å². The standard InChI is InChI=1S/C19H19F3N2O3S/c1-27-15-5-7-16(8-6-15)28(25,26)24-12-14-3-2-10-23(14)18-11-13(19(20,21)22)4-9-17(18)24/h4-9,11,14H,2-3,10,12H2,1H3/t14-/m1/s1. The quantitative estimate of drug-likeness (QED) is 0.768. The van der Waals surface area contributed by atoms with Crippen molar-refractivity contribution in [2.24, 2.45) is 0 Å². The normalized spacial score (nSPS) is 19.4. The molecule has 2 heterocycles. The molecule has 0 spiro atoms. The molecule has 0 aliphatic carbocycles. The predicted molar refractivity (Wildman–Crippen MR) is 99.3 cm³/mol. The summed E-state index contributed by atoms with van der Waals surface area (Å²) in [7, 11) is -2.43. The summed E-state index contributed by atoms with van der Waals surface area (Å²) in [5, 5.41) is 0. The van der Waals surface area contributed by atoms with Crippen LogP contribution in [0.25, 0.3) is 0 Å². The maximum absolute atomic E-state index is 13.3. The van der Waals surface area contributed by atoms with Gasteiger partial charge < -0.3 is 9.64 Å². The van der Waals surface area contributed by atoms with Gasteiger partial charge in [0.2, 0.25) is 0 Å². The minimum Gasteiger partial charge on any atom is -0.497 e. The first-order chi connectivity index (χ1) is 13.2. The van der Waals surface area contributed by atoms with Crippen molar-refractivity contribution in [1.29, 1.82) is 0 Å². The molecule has 0 bridgehead atoms. The van der Waals surface area contributed by atoms with Crippen molar-refractivity contribution >= 4 is 21.4 Å². The SMILES string of the molecule is COc1ccc(S(=O)(=O)N2C[C@H]3CCCN3c3cc(C(F)(F)F)ccc32)cc1. The lowest BCUT2D eigenvalue weighted by Gasteiger charge is -2.40. The first-order valence-corrected chi connectivity index (χ1v) is 10.3. The molecule has 28 heavy (non-hydrogen) atoms. The summed E-state index contributed by atoms with van der Waals surface area (Å²) < 4.78 is 72.4. The summed E-state index contributed by atoms with van der Waals surface area (Å²) in [4.78, 5) is 1.97. The number of fused-ring (bicyclic) bond motifs is 3. The van der Waals surface area contributed by atoms with E-state index >= 15 is 0 Å². The van der Waals surface area contributed by atoms with Crippen molar-refractivity contribution < 1.29 is 26.3 Å². The summed E-state index contributed by atoms with van der Waals surface area (Å²) in [6.07, 6.45) is -2.93. The van der Waals surface area contributed by atoms with Crippen LogP contribution in [0.4, 0.5) is 24.5 Å². The number of benzene rings is 2. The van der Waals surface area contributed by atoms with Crippen LogP contribution in [0.5, 0.6) is 5.75 Å². The van der Waals surface area contributed by atoms with Gasteiger partial charge in [0, 0.05) is 12.6 Å². The van der Waals surface area contributed by atoms with E-state index in [-0.39, 0.29) is 23.2 Å². The number of rotatable bonds is 3. The summed E-state index contributed by atoms with van der Waals surface area (Å²) in [6, 6.07) is 9.10. The van der Waals surface area contributed by atoms with Gasteiger partial charge in [-0.05, 0) is 55.3 Å². The summed E-state index contributed by atoms with van der Waals surface area (Å²) in [6.45, 7) is 0.835. The zero-order valence-electron chi connectivity index (χ0n) is 15.1. The van der Waals surface area contributed by atoms with Crippen molar-refractivity contribution in [2.75, 3.05) is 29.4 Å². The highest BCUT2D eigenvalue weighted by Crippen LogP contribution is 2.44. The van der Waals surface area contributed by atoms with Gasteiger partial charge in [0.1, 0.15) is 5.75 Å². The first-order valence-electron chi connectivity index (χ1n) is 8.86. The Morgan fingerprint density at radius 1 is 1.07 bits per heavy atom. The molecule has 150 valence electrons. The summed E-state index contributed by atoms with van der Waals surface area (Å²) in [5.41, 5.74) is -0.178. The lowest BCUT2D eigenvalue weighted by molar-refractivity contribution is -0.137. The van der Waals surface area contributed by atoms with Gasteiger partial charge in [-0.3, -0.25) is 4.31 Å². The Morgan fingerprint density at radius 2 is 1.79 bits per heavy atom. The zero-order valence-corrected chi connectivity index (χ0v) is 15.9. The Balaban J connectivity index is 1.81. The Hall–Kier alpha value is -2.42. The van der Waals surface area contributed by atoms with E-state index in [4.69, 9.17) is 4.74 Å². The molecule has 0 radical (unpaired) electrons. The van der Waals surface area contributed by atoms with Gasteiger partial charge in [-0.1, -0.05) is 0 Å². The van der Waals surface area contributed by atoms with Crippen LogP contribution in [0.2, 0.25) is 0 Å². The predicted octanol–water partition coefficient (Wildman–Crippen LogP) is 3.89. The van der Waals surface area contributed by atoms with Crippen molar-refractivity contribution in [2.45, 2.75) is 30.0 Å². The van der Waals surface area contributed by atoms with Crippen LogP contribution in [0, 0.1) is 0 Å². The van der Waals surface area contributed by atoms with Gasteiger partial charge in [0.25, 0.3) is 10.0 Å². The molecule has 2 aliphatic rings. The van der Waals surface area contributed by atoms with Crippen LogP contribution in [0.1, 0.15) is 18.4 Å². The van der Waals surface area contributed by atoms with Crippen LogP contribution in [0.3, 0.4) is 0 Å². The van der Waals surface area contributed by atoms with Gasteiger partial charge in [-0.15, -0.1) is 0 Å². The smallest absolute Gasteiger partial charge is 0.416 e. The van der Waals surface area contributed by atoms with Crippen molar-refractivity contribution in [3.05, 3.63) is 48.0 Å². The summed E-state index contributed by atoms with van der Waals surface area (Å²) in [5.74, 6) is 0.523. The minimum atomic E-state index is -4.48. The number of hydrogen-bond donors (Lipinski definition) is 0. The van der Waals surface area contributed by atoms with Crippen LogP contribution in [0.15, 0.2) is 47.4 Å². The Morgan fingerprint density at radius 3 is 2.43 bits per heavy atom. The molecule has 5 nitrogen and oxygen atoms in total. The highest BCUT2D eigenvalue weighted by atomic mass is 32.2. The van der Waals surface area contributed by atoms with Crippen molar-refractivity contribution in [3.63, 3.8) is 0 Å². The Bertz CT molecular complexity index is 990. The molecule has 0 saturated carbocycles. The van der Waals surface area contributed by atoms with Gasteiger partial charge in [0.15, 0.2) is 0 Å². The van der Waals surface area contributed by atoms with E-state index in [1.165, 1.54) is 29.6 Å². The average molecular weight is 412 g/mol. The monoisotopic (exact) mass is 412 g/mol. The third-order valence-electron chi connectivity index (χ3n) is 5.28. The number of halogens is 3. The van der Waals surface area contributed by atoms with E-state index in [0.29, 0.717) is 18.0 Å². The number of methoxy groups -OCH3 is 1. The molecular weight excluding hydrogens is 393 g/mol. The second-order valence-electron chi connectivity index (χ2n) is 6.90. The van der Waals surface area contributed by atoms with E-state index in [1.807, 2.05) is 4.90 Å². The van der Waals surface area contributed by atoms with Gasteiger partial charge in [-0.25, -0.2) is 8.42 Å². The van der Waals surface area contributed by atoms with Crippen LogP contribution in [-0.2, 0) is 16.2 Å². The molecule has 0 aromatic heterocycles. The fourth-order valence-corrected chi connectivity index (χ4v) is 5.39. The minimum absolute atomic E-state index is 0.0746. The van der Waals surface area contributed by atoms with Crippen molar-refractivity contribution in [1.82, 2.24) is 0 Å². The fraction of sp³-hybridized carbons (Fsp3) is 0.368. The maximum Gasteiger partial charge on any atom is 0.416 e. The topological polar surface area (TPSA) is 49.9 Å². The highest BCUT2D eigenvalue weighted by molar-refractivity contribution is 7.92. The van der Waals surface area contributed by atoms with Crippen LogP contribution < -0.4 is 13.9 Å². The molecular formula is C19H19F3N2O3S. The molecule has 2 aromatic carbocycles. The molecule has 9 heteroatoms. The van der Waals surface area contributed by atoms with Gasteiger partial charge >= 0.3 is 6.18 Å². The molecule has 4 rings (SSSR count). The second-order valence-corrected chi connectivity index (χ2v) is 8.76. The zero-order chi connectivity index (χ0) is 20.1. The Kier molecular flexibility index (Phi) is 4.45. The Labute approximate surface area is 161 Å². The molecule has 2 aliphatic heterocycles. The van der Waals surface area contributed by atoms with E-state index in [0.717, 1.165) is 25.0 Å². The maximum atomic E-state index is 13.3. The van der Waals surface area contributed by atoms with E-state index in [9.17, 15) is 21.6 Å². The second kappa shape index (κ2) is 6.58. The largest absolute Gasteiger partial charge is 0.497 e. The number of nitrogens with zero attached hydrogens (tertiary/aromatic N) is 2. The first kappa shape index (κ1) is 18.9. The third-order valence-corrected chi connectivity index (χ3v) is 7.08. The highest BCUT2D eigenvalue weighted by Gasteiger charge is 2.41. The molecule has 0 N–H and O–H groups in total. The number of anilines is 2. The third kappa shape index (κ3) is 3.07. The number of ether oxygens (including phenoxy) is 1. The van der Waals surface area contributed by atoms with E-state index in [1.54, 1.807) is 12.1 Å². The lowest BCUT2D eigenvalue weighted by Crippen LogP contribution is -2.48. The number of sulfonamides is 1. The van der Waals surface area contributed by atoms with Crippen LogP contribution in [-0.4, -0.2) is 34.7 Å². The van der Waals surface area contributed by atoms with E-state index < -0.39 is 21.8 Å². The van der Waals surface area contributed by atoms with Crippen LogP contribution >= 0.6 is 0 Å². The summed E-state index contributed by atoms with van der Waals surface area (Å²) >= 11 is 0. The average Bonchev–Trinajstić information content (AvgIpc) is 3.15. The van der Waals surface area contributed by atoms with Crippen molar-refractivity contribution in [3.8, 4) is 5.75 Å².